The number of alkyl halides is 3. The molecule has 2 heterocycles. The van der Waals surface area contributed by atoms with E-state index < -0.39 is 12.1 Å². The Hall–Kier alpha value is -2.79. The summed E-state index contributed by atoms with van der Waals surface area (Å²) in [5, 5.41) is 8.49. The maximum Gasteiger partial charge on any atom is 0.490 e. The van der Waals surface area contributed by atoms with E-state index in [1.807, 2.05) is 6.07 Å². The molecule has 3 rings (SSSR count). The van der Waals surface area contributed by atoms with Crippen LogP contribution in [0.5, 0.6) is 0 Å². The lowest BCUT2D eigenvalue weighted by molar-refractivity contribution is -0.192. The monoisotopic (exact) mass is 391 g/mol. The summed E-state index contributed by atoms with van der Waals surface area (Å²) in [5.41, 5.74) is 19.6. The van der Waals surface area contributed by atoms with Crippen LogP contribution in [0.1, 0.15) is 5.56 Å². The Kier molecular flexibility index (Phi) is 5.42. The number of nitrogens with two attached hydrogens (primary N) is 3. The van der Waals surface area contributed by atoms with Crippen LogP contribution in [-0.2, 0) is 11.2 Å². The smallest absolute Gasteiger partial charge is 0.475 e. The fourth-order valence-electron chi connectivity index (χ4n) is 2.16. The van der Waals surface area contributed by atoms with Gasteiger partial charge in [-0.2, -0.15) is 18.2 Å². The molecule has 0 spiro atoms. The molecular formula is C14H13ClF3N5O3. The molecule has 26 heavy (non-hydrogen) atoms. The van der Waals surface area contributed by atoms with Gasteiger partial charge in [0.2, 0.25) is 5.95 Å². The van der Waals surface area contributed by atoms with Gasteiger partial charge in [-0.3, -0.25) is 0 Å². The third-order valence-corrected chi connectivity index (χ3v) is 3.37. The van der Waals surface area contributed by atoms with Gasteiger partial charge in [-0.25, -0.2) is 9.78 Å². The second-order valence-electron chi connectivity index (χ2n) is 5.03. The fraction of sp³-hybridized carbons (Fsp3) is 0.214. The van der Waals surface area contributed by atoms with E-state index in [0.29, 0.717) is 34.7 Å². The van der Waals surface area contributed by atoms with Gasteiger partial charge in [0.1, 0.15) is 11.1 Å². The molecule has 8 nitrogen and oxygen atoms in total. The van der Waals surface area contributed by atoms with Crippen molar-refractivity contribution in [1.82, 2.24) is 9.97 Å². The molecule has 0 saturated carbocycles. The number of carboxylic acid groups (broad SMARTS) is 1. The van der Waals surface area contributed by atoms with Gasteiger partial charge in [0.25, 0.3) is 0 Å². The molecule has 12 heteroatoms. The molecule has 0 aliphatic heterocycles. The molecule has 0 unspecified atom stereocenters. The van der Waals surface area contributed by atoms with Crippen LogP contribution in [0.4, 0.5) is 24.9 Å². The summed E-state index contributed by atoms with van der Waals surface area (Å²) in [5.74, 6) is -2.44. The molecule has 0 radical (unpaired) electrons. The molecule has 2 aromatic heterocycles. The number of hydrogen-bond acceptors (Lipinski definition) is 7. The Bertz CT molecular complexity index is 974. The molecule has 0 atom stereocenters. The summed E-state index contributed by atoms with van der Waals surface area (Å²) >= 11 is 6.11. The highest BCUT2D eigenvalue weighted by Crippen LogP contribution is 2.34. The molecule has 0 aliphatic carbocycles. The maximum atomic E-state index is 10.6. The average Bonchev–Trinajstić information content (AvgIpc) is 2.86. The van der Waals surface area contributed by atoms with Crippen molar-refractivity contribution >= 4 is 51.4 Å². The molecule has 3 aromatic rings. The largest absolute Gasteiger partial charge is 0.490 e. The molecule has 0 amide bonds. The van der Waals surface area contributed by atoms with Gasteiger partial charge < -0.3 is 26.7 Å². The van der Waals surface area contributed by atoms with Crippen molar-refractivity contribution in [2.45, 2.75) is 12.6 Å². The number of nitrogen functional groups attached to an aromatic ring is 2. The van der Waals surface area contributed by atoms with Crippen LogP contribution in [0.2, 0.25) is 5.02 Å². The number of fused-ring (bicyclic) bond motifs is 3. The molecule has 140 valence electrons. The highest BCUT2D eigenvalue weighted by atomic mass is 35.5. The van der Waals surface area contributed by atoms with E-state index in [0.717, 1.165) is 10.9 Å². The van der Waals surface area contributed by atoms with Gasteiger partial charge in [-0.15, -0.1) is 0 Å². The average molecular weight is 392 g/mol. The molecule has 7 N–H and O–H groups in total. The Morgan fingerprint density at radius 3 is 2.38 bits per heavy atom. The highest BCUT2D eigenvalue weighted by Gasteiger charge is 2.38. The minimum absolute atomic E-state index is 0.105. The van der Waals surface area contributed by atoms with Crippen LogP contribution >= 0.6 is 11.6 Å². The summed E-state index contributed by atoms with van der Waals surface area (Å²) in [7, 11) is 0. The van der Waals surface area contributed by atoms with Gasteiger partial charge in [0, 0.05) is 10.4 Å². The SMILES string of the molecule is NCCc1cc(Cl)cc2c1oc1c(N)nc(N)nc12.O=C(O)C(F)(F)F. The maximum absolute atomic E-state index is 10.6. The van der Waals surface area contributed by atoms with Gasteiger partial charge in [0.15, 0.2) is 11.4 Å². The number of hydrogen-bond donors (Lipinski definition) is 4. The molecule has 1 aromatic carbocycles. The van der Waals surface area contributed by atoms with E-state index in [-0.39, 0.29) is 11.8 Å². The zero-order valence-electron chi connectivity index (χ0n) is 13.0. The van der Waals surface area contributed by atoms with Gasteiger partial charge >= 0.3 is 12.1 Å². The van der Waals surface area contributed by atoms with Crippen molar-refractivity contribution in [2.75, 3.05) is 18.0 Å². The number of halogens is 4. The van der Waals surface area contributed by atoms with E-state index in [1.54, 1.807) is 6.07 Å². The van der Waals surface area contributed by atoms with Crippen LogP contribution in [0.3, 0.4) is 0 Å². The number of rotatable bonds is 2. The van der Waals surface area contributed by atoms with E-state index in [2.05, 4.69) is 9.97 Å². The van der Waals surface area contributed by atoms with Crippen molar-refractivity contribution < 1.29 is 27.5 Å². The Morgan fingerprint density at radius 2 is 1.85 bits per heavy atom. The van der Waals surface area contributed by atoms with Crippen molar-refractivity contribution in [1.29, 1.82) is 0 Å². The summed E-state index contributed by atoms with van der Waals surface area (Å²) in [6.07, 6.45) is -4.43. The summed E-state index contributed by atoms with van der Waals surface area (Å²) in [6.45, 7) is 0.496. The first-order chi connectivity index (χ1) is 12.0. The zero-order chi connectivity index (χ0) is 19.6. The molecular weight excluding hydrogens is 379 g/mol. The van der Waals surface area contributed by atoms with E-state index >= 15 is 0 Å². The van der Waals surface area contributed by atoms with Crippen molar-refractivity contribution in [3.05, 3.63) is 22.7 Å². The predicted octanol–water partition coefficient (Wildman–Crippen LogP) is 2.33. The lowest BCUT2D eigenvalue weighted by Crippen LogP contribution is -2.21. The molecule has 0 bridgehead atoms. The zero-order valence-corrected chi connectivity index (χ0v) is 13.7. The first kappa shape index (κ1) is 19.5. The van der Waals surface area contributed by atoms with Crippen molar-refractivity contribution in [3.63, 3.8) is 0 Å². The minimum atomic E-state index is -5.08. The number of aromatic nitrogens is 2. The third kappa shape index (κ3) is 4.06. The number of carbonyl (C=O) groups is 1. The van der Waals surface area contributed by atoms with Gasteiger partial charge in [-0.1, -0.05) is 11.6 Å². The van der Waals surface area contributed by atoms with Crippen LogP contribution in [0, 0.1) is 0 Å². The third-order valence-electron chi connectivity index (χ3n) is 3.16. The number of aliphatic carboxylic acids is 1. The van der Waals surface area contributed by atoms with Crippen LogP contribution < -0.4 is 17.2 Å². The lowest BCUT2D eigenvalue weighted by Gasteiger charge is -2.00. The molecule has 0 fully saturated rings. The normalized spacial score (nSPS) is 11.4. The predicted molar refractivity (Wildman–Crippen MR) is 89.6 cm³/mol. The lowest BCUT2D eigenvalue weighted by atomic mass is 10.1. The van der Waals surface area contributed by atoms with Crippen LogP contribution in [-0.4, -0.2) is 33.8 Å². The second-order valence-corrected chi connectivity index (χ2v) is 5.47. The highest BCUT2D eigenvalue weighted by molar-refractivity contribution is 6.32. The topological polar surface area (TPSA) is 154 Å². The molecule has 0 aliphatic rings. The second kappa shape index (κ2) is 7.22. The van der Waals surface area contributed by atoms with Crippen LogP contribution in [0.15, 0.2) is 16.5 Å². The van der Waals surface area contributed by atoms with Gasteiger partial charge in [0.05, 0.1) is 0 Å². The number of furan rings is 1. The Balaban J connectivity index is 0.000000298. The number of benzene rings is 1. The van der Waals surface area contributed by atoms with Crippen molar-refractivity contribution in [2.24, 2.45) is 5.73 Å². The van der Waals surface area contributed by atoms with E-state index in [1.165, 1.54) is 0 Å². The number of carboxylic acids is 1. The van der Waals surface area contributed by atoms with Crippen LogP contribution in [0.25, 0.3) is 22.1 Å². The quantitative estimate of drug-likeness (QED) is 0.518. The fourth-order valence-corrected chi connectivity index (χ4v) is 2.40. The van der Waals surface area contributed by atoms with Crippen molar-refractivity contribution in [3.8, 4) is 0 Å². The standard InChI is InChI=1S/C12H12ClN5O.C2HF3O2/c13-6-3-5(1-2-14)9-7(4-6)8-10(19-9)11(15)18-12(16)17-8;3-2(4,5)1(6)7/h3-4H,1-2,14H2,(H4,15,16,17,18);(H,6,7). The Labute approximate surface area is 148 Å². The number of anilines is 2. The summed E-state index contributed by atoms with van der Waals surface area (Å²) in [4.78, 5) is 17.0. The minimum Gasteiger partial charge on any atom is -0.475 e. The Morgan fingerprint density at radius 1 is 1.23 bits per heavy atom. The van der Waals surface area contributed by atoms with E-state index in [9.17, 15) is 13.2 Å². The van der Waals surface area contributed by atoms with Gasteiger partial charge in [-0.05, 0) is 30.7 Å². The molecule has 0 saturated heterocycles. The van der Waals surface area contributed by atoms with E-state index in [4.69, 9.17) is 43.1 Å². The summed E-state index contributed by atoms with van der Waals surface area (Å²) in [6, 6.07) is 3.60. The number of nitrogens with zero attached hydrogens (tertiary/aromatic N) is 2. The first-order valence-corrected chi connectivity index (χ1v) is 7.36. The first-order valence-electron chi connectivity index (χ1n) is 6.98. The summed E-state index contributed by atoms with van der Waals surface area (Å²) < 4.78 is 37.5.